The third-order valence-corrected chi connectivity index (χ3v) is 3.69. The molecule has 0 saturated carbocycles. The van der Waals surface area contributed by atoms with Crippen LogP contribution in [-0.2, 0) is 0 Å². The van der Waals surface area contributed by atoms with Gasteiger partial charge < -0.3 is 4.74 Å². The molecular formula is C13H13ClOS. The molecule has 0 atom stereocenters. The molecule has 0 aliphatic rings. The fourth-order valence-corrected chi connectivity index (χ4v) is 2.68. The Morgan fingerprint density at radius 1 is 1.25 bits per heavy atom. The lowest BCUT2D eigenvalue weighted by Gasteiger charge is -2.07. The molecule has 0 spiro atoms. The molecule has 2 aromatic carbocycles. The molecule has 0 amide bonds. The Balaban J connectivity index is 2.56. The lowest BCUT2D eigenvalue weighted by atomic mass is 10.1. The molecule has 0 aliphatic carbocycles. The third kappa shape index (κ3) is 2.13. The first-order valence-electron chi connectivity index (χ1n) is 5.15. The van der Waals surface area contributed by atoms with Gasteiger partial charge in [0.25, 0.3) is 0 Å². The highest BCUT2D eigenvalue weighted by molar-refractivity contribution is 7.99. The van der Waals surface area contributed by atoms with Gasteiger partial charge in [0.05, 0.1) is 12.1 Å². The normalized spacial score (nSPS) is 10.7. The largest absolute Gasteiger partial charge is 0.495 e. The van der Waals surface area contributed by atoms with Crippen LogP contribution in [0.4, 0.5) is 0 Å². The highest BCUT2D eigenvalue weighted by Gasteiger charge is 2.06. The Morgan fingerprint density at radius 2 is 2.06 bits per heavy atom. The Labute approximate surface area is 105 Å². The van der Waals surface area contributed by atoms with E-state index in [1.807, 2.05) is 23.9 Å². The average molecular weight is 253 g/mol. The van der Waals surface area contributed by atoms with Crippen LogP contribution < -0.4 is 4.74 Å². The zero-order valence-corrected chi connectivity index (χ0v) is 10.9. The second-order valence-corrected chi connectivity index (χ2v) is 5.11. The fraction of sp³-hybridized carbons (Fsp3) is 0.231. The van der Waals surface area contributed by atoms with E-state index in [4.69, 9.17) is 16.3 Å². The number of thioether (sulfide) groups is 1. The number of hydrogen-bond donors (Lipinski definition) is 0. The maximum absolute atomic E-state index is 6.24. The summed E-state index contributed by atoms with van der Waals surface area (Å²) in [6.07, 6.45) is 0. The SMILES string of the molecule is CCSc1ccc2c(Cl)c(OC)ccc2c1. The quantitative estimate of drug-likeness (QED) is 0.738. The van der Waals surface area contributed by atoms with Crippen molar-refractivity contribution in [2.75, 3.05) is 12.9 Å². The van der Waals surface area contributed by atoms with Crippen molar-refractivity contribution in [2.45, 2.75) is 11.8 Å². The van der Waals surface area contributed by atoms with E-state index in [-0.39, 0.29) is 0 Å². The molecule has 0 N–H and O–H groups in total. The zero-order valence-electron chi connectivity index (χ0n) is 9.29. The van der Waals surface area contributed by atoms with Crippen LogP contribution in [0.5, 0.6) is 5.75 Å². The van der Waals surface area contributed by atoms with E-state index in [2.05, 4.69) is 25.1 Å². The Kier molecular flexibility index (Phi) is 3.62. The molecule has 16 heavy (non-hydrogen) atoms. The molecule has 0 fully saturated rings. The topological polar surface area (TPSA) is 9.23 Å². The van der Waals surface area contributed by atoms with Gasteiger partial charge in [-0.05, 0) is 29.3 Å². The molecule has 0 bridgehead atoms. The first-order valence-corrected chi connectivity index (χ1v) is 6.51. The van der Waals surface area contributed by atoms with Crippen LogP contribution in [0, 0.1) is 0 Å². The number of halogens is 1. The van der Waals surface area contributed by atoms with Crippen LogP contribution in [0.15, 0.2) is 35.2 Å². The van der Waals surface area contributed by atoms with Gasteiger partial charge in [-0.3, -0.25) is 0 Å². The van der Waals surface area contributed by atoms with Crippen LogP contribution in [-0.4, -0.2) is 12.9 Å². The second kappa shape index (κ2) is 4.98. The zero-order chi connectivity index (χ0) is 11.5. The van der Waals surface area contributed by atoms with Gasteiger partial charge in [0.15, 0.2) is 0 Å². The molecule has 0 aliphatic heterocycles. The van der Waals surface area contributed by atoms with Crippen LogP contribution in [0.1, 0.15) is 6.92 Å². The first kappa shape index (κ1) is 11.6. The minimum absolute atomic E-state index is 0.688. The summed E-state index contributed by atoms with van der Waals surface area (Å²) in [5.41, 5.74) is 0. The van der Waals surface area contributed by atoms with Crippen molar-refractivity contribution in [2.24, 2.45) is 0 Å². The molecule has 3 heteroatoms. The van der Waals surface area contributed by atoms with Gasteiger partial charge >= 0.3 is 0 Å². The number of rotatable bonds is 3. The van der Waals surface area contributed by atoms with Crippen molar-refractivity contribution in [3.8, 4) is 5.75 Å². The maximum Gasteiger partial charge on any atom is 0.138 e. The van der Waals surface area contributed by atoms with E-state index in [0.29, 0.717) is 5.02 Å². The van der Waals surface area contributed by atoms with Crippen molar-refractivity contribution in [3.63, 3.8) is 0 Å². The number of benzene rings is 2. The maximum atomic E-state index is 6.24. The van der Waals surface area contributed by atoms with Gasteiger partial charge in [-0.2, -0.15) is 0 Å². The minimum Gasteiger partial charge on any atom is -0.495 e. The molecule has 0 heterocycles. The number of hydrogen-bond acceptors (Lipinski definition) is 2. The van der Waals surface area contributed by atoms with E-state index in [1.54, 1.807) is 7.11 Å². The monoisotopic (exact) mass is 252 g/mol. The molecule has 2 aromatic rings. The predicted octanol–water partition coefficient (Wildman–Crippen LogP) is 4.61. The van der Waals surface area contributed by atoms with Gasteiger partial charge in [0, 0.05) is 10.3 Å². The highest BCUT2D eigenvalue weighted by atomic mass is 35.5. The Bertz CT molecular complexity index is 511. The number of ether oxygens (including phenoxy) is 1. The van der Waals surface area contributed by atoms with Crippen molar-refractivity contribution in [1.29, 1.82) is 0 Å². The van der Waals surface area contributed by atoms with Crippen molar-refractivity contribution in [3.05, 3.63) is 35.4 Å². The van der Waals surface area contributed by atoms with Crippen molar-refractivity contribution < 1.29 is 4.74 Å². The minimum atomic E-state index is 0.688. The lowest BCUT2D eigenvalue weighted by molar-refractivity contribution is 0.415. The van der Waals surface area contributed by atoms with Gasteiger partial charge in [0.1, 0.15) is 5.75 Å². The molecule has 0 saturated heterocycles. The van der Waals surface area contributed by atoms with Crippen LogP contribution >= 0.6 is 23.4 Å². The lowest BCUT2D eigenvalue weighted by Crippen LogP contribution is -1.85. The molecule has 0 aromatic heterocycles. The summed E-state index contributed by atoms with van der Waals surface area (Å²) in [6, 6.07) is 10.3. The summed E-state index contributed by atoms with van der Waals surface area (Å²) in [7, 11) is 1.63. The van der Waals surface area contributed by atoms with E-state index in [9.17, 15) is 0 Å². The van der Waals surface area contributed by atoms with E-state index >= 15 is 0 Å². The van der Waals surface area contributed by atoms with Gasteiger partial charge in [-0.1, -0.05) is 30.7 Å². The average Bonchev–Trinajstić information content (AvgIpc) is 2.30. The molecule has 0 radical (unpaired) electrons. The van der Waals surface area contributed by atoms with Gasteiger partial charge in [-0.25, -0.2) is 0 Å². The summed E-state index contributed by atoms with van der Waals surface area (Å²) in [4.78, 5) is 1.27. The summed E-state index contributed by atoms with van der Waals surface area (Å²) in [5.74, 6) is 1.81. The van der Waals surface area contributed by atoms with E-state index < -0.39 is 0 Å². The third-order valence-electron chi connectivity index (χ3n) is 2.42. The number of methoxy groups -OCH3 is 1. The molecular weight excluding hydrogens is 240 g/mol. The Morgan fingerprint density at radius 3 is 2.75 bits per heavy atom. The summed E-state index contributed by atoms with van der Waals surface area (Å²) in [5, 5.41) is 2.89. The first-order chi connectivity index (χ1) is 7.76. The fourth-order valence-electron chi connectivity index (χ4n) is 1.66. The predicted molar refractivity (Wildman–Crippen MR) is 71.9 cm³/mol. The number of fused-ring (bicyclic) bond motifs is 1. The van der Waals surface area contributed by atoms with E-state index in [0.717, 1.165) is 22.3 Å². The summed E-state index contributed by atoms with van der Waals surface area (Å²) >= 11 is 8.07. The van der Waals surface area contributed by atoms with Crippen LogP contribution in [0.3, 0.4) is 0 Å². The second-order valence-electron chi connectivity index (χ2n) is 3.40. The van der Waals surface area contributed by atoms with Crippen LogP contribution in [0.2, 0.25) is 5.02 Å². The molecule has 2 rings (SSSR count). The van der Waals surface area contributed by atoms with Crippen molar-refractivity contribution in [1.82, 2.24) is 0 Å². The van der Waals surface area contributed by atoms with Crippen LogP contribution in [0.25, 0.3) is 10.8 Å². The Hall–Kier alpha value is -0.860. The summed E-state index contributed by atoms with van der Waals surface area (Å²) in [6.45, 7) is 2.15. The smallest absolute Gasteiger partial charge is 0.138 e. The highest BCUT2D eigenvalue weighted by Crippen LogP contribution is 2.34. The standard InChI is InChI=1S/C13H13ClOS/c1-3-16-10-5-6-11-9(8-10)4-7-12(15-2)13(11)14/h4-8H,3H2,1-2H3. The van der Waals surface area contributed by atoms with Gasteiger partial charge in [0.2, 0.25) is 0 Å². The van der Waals surface area contributed by atoms with E-state index in [1.165, 1.54) is 4.90 Å². The molecule has 0 unspecified atom stereocenters. The van der Waals surface area contributed by atoms with Gasteiger partial charge in [-0.15, -0.1) is 11.8 Å². The summed E-state index contributed by atoms with van der Waals surface area (Å²) < 4.78 is 5.19. The molecule has 84 valence electrons. The molecule has 1 nitrogen and oxygen atoms in total. The van der Waals surface area contributed by atoms with Crippen molar-refractivity contribution >= 4 is 34.1 Å².